The maximum absolute atomic E-state index is 12.8. The van der Waals surface area contributed by atoms with Crippen LogP contribution in [-0.2, 0) is 20.7 Å². The zero-order valence-electron chi connectivity index (χ0n) is 13.5. The number of anilines is 1. The lowest BCUT2D eigenvalue weighted by Crippen LogP contribution is -2.21. The van der Waals surface area contributed by atoms with Gasteiger partial charge in [0.1, 0.15) is 11.4 Å². The van der Waals surface area contributed by atoms with Crippen molar-refractivity contribution >= 4 is 28.5 Å². The Labute approximate surface area is 143 Å². The van der Waals surface area contributed by atoms with E-state index in [1.165, 1.54) is 30.5 Å². The molecule has 0 bridgehead atoms. The number of fused-ring (bicyclic) bond motifs is 1. The van der Waals surface area contributed by atoms with E-state index in [4.69, 9.17) is 9.15 Å². The number of rotatable bonds is 5. The number of hydrogen-bond acceptors (Lipinski definition) is 4. The van der Waals surface area contributed by atoms with Gasteiger partial charge in [0.25, 0.3) is 5.91 Å². The molecule has 2 aromatic carbocycles. The van der Waals surface area contributed by atoms with E-state index >= 15 is 0 Å². The molecule has 1 heterocycles. The molecule has 25 heavy (non-hydrogen) atoms. The quantitative estimate of drug-likeness (QED) is 0.720. The van der Waals surface area contributed by atoms with Crippen molar-refractivity contribution in [2.75, 3.05) is 11.9 Å². The lowest BCUT2D eigenvalue weighted by atomic mass is 10.1. The summed E-state index contributed by atoms with van der Waals surface area (Å²) in [4.78, 5) is 23.7. The van der Waals surface area contributed by atoms with E-state index in [1.54, 1.807) is 0 Å². The highest BCUT2D eigenvalue weighted by molar-refractivity contribution is 5.93. The van der Waals surface area contributed by atoms with Crippen LogP contribution in [-0.4, -0.2) is 18.5 Å². The fourth-order valence-electron chi connectivity index (χ4n) is 2.41. The summed E-state index contributed by atoms with van der Waals surface area (Å²) in [5.74, 6) is -1.42. The largest absolute Gasteiger partial charge is 0.464 e. The fraction of sp³-hybridized carbons (Fsp3) is 0.158. The molecule has 0 aliphatic rings. The minimum atomic E-state index is -0.530. The van der Waals surface area contributed by atoms with Crippen LogP contribution in [0, 0.1) is 12.7 Å². The van der Waals surface area contributed by atoms with Crippen LogP contribution in [0.15, 0.2) is 53.1 Å². The maximum atomic E-state index is 12.8. The van der Waals surface area contributed by atoms with Crippen LogP contribution in [0.2, 0.25) is 0 Å². The van der Waals surface area contributed by atoms with Gasteiger partial charge >= 0.3 is 5.97 Å². The molecule has 0 unspecified atom stereocenters. The summed E-state index contributed by atoms with van der Waals surface area (Å²) in [5, 5.41) is 3.36. The minimum Gasteiger partial charge on any atom is -0.464 e. The summed E-state index contributed by atoms with van der Waals surface area (Å²) >= 11 is 0. The van der Waals surface area contributed by atoms with Crippen LogP contribution >= 0.6 is 0 Å². The first-order valence-electron chi connectivity index (χ1n) is 7.69. The van der Waals surface area contributed by atoms with Crippen molar-refractivity contribution in [2.24, 2.45) is 0 Å². The smallest absolute Gasteiger partial charge is 0.310 e. The van der Waals surface area contributed by atoms with E-state index in [0.717, 1.165) is 10.9 Å². The zero-order chi connectivity index (χ0) is 17.8. The van der Waals surface area contributed by atoms with Gasteiger partial charge in [-0.05, 0) is 42.8 Å². The highest BCUT2D eigenvalue weighted by Crippen LogP contribution is 2.22. The van der Waals surface area contributed by atoms with Gasteiger partial charge in [-0.3, -0.25) is 9.59 Å². The molecule has 1 aromatic heterocycles. The Morgan fingerprint density at radius 1 is 1.16 bits per heavy atom. The van der Waals surface area contributed by atoms with Crippen molar-refractivity contribution in [3.05, 3.63) is 65.7 Å². The van der Waals surface area contributed by atoms with Crippen molar-refractivity contribution in [3.8, 4) is 0 Å². The maximum Gasteiger partial charge on any atom is 0.310 e. The van der Waals surface area contributed by atoms with Crippen molar-refractivity contribution in [2.45, 2.75) is 13.3 Å². The molecule has 0 spiro atoms. The average Bonchev–Trinajstić information content (AvgIpc) is 2.97. The van der Waals surface area contributed by atoms with Gasteiger partial charge in [0, 0.05) is 16.6 Å². The van der Waals surface area contributed by atoms with E-state index in [9.17, 15) is 14.0 Å². The number of aryl methyl sites for hydroxylation is 1. The summed E-state index contributed by atoms with van der Waals surface area (Å²) in [6.07, 6.45) is 1.53. The van der Waals surface area contributed by atoms with Gasteiger partial charge in [0.05, 0.1) is 12.7 Å². The highest BCUT2D eigenvalue weighted by Gasteiger charge is 2.13. The predicted molar refractivity (Wildman–Crippen MR) is 90.6 cm³/mol. The standard InChI is InChI=1S/C19H16FNO4/c1-12-2-7-16-13(10-24-17(16)8-12)9-19(23)25-11-18(22)21-15-5-3-14(20)4-6-15/h2-8,10H,9,11H2,1H3,(H,21,22). The molecular formula is C19H16FNO4. The van der Waals surface area contributed by atoms with Crippen molar-refractivity contribution in [1.29, 1.82) is 0 Å². The molecule has 0 aliphatic heterocycles. The summed E-state index contributed by atoms with van der Waals surface area (Å²) < 4.78 is 23.2. The number of carbonyl (C=O) groups is 2. The topological polar surface area (TPSA) is 68.5 Å². The number of ether oxygens (including phenoxy) is 1. The Morgan fingerprint density at radius 2 is 1.92 bits per heavy atom. The van der Waals surface area contributed by atoms with Crippen LogP contribution in [0.4, 0.5) is 10.1 Å². The third-order valence-electron chi connectivity index (χ3n) is 3.64. The number of hydrogen-bond donors (Lipinski definition) is 1. The Morgan fingerprint density at radius 3 is 2.68 bits per heavy atom. The molecule has 0 saturated carbocycles. The summed E-state index contributed by atoms with van der Waals surface area (Å²) in [6.45, 7) is 1.54. The Bertz CT molecular complexity index is 915. The third kappa shape index (κ3) is 4.23. The Kier molecular flexibility index (Phi) is 4.79. The zero-order valence-corrected chi connectivity index (χ0v) is 13.5. The summed E-state index contributed by atoms with van der Waals surface area (Å²) in [5.41, 5.74) is 2.91. The van der Waals surface area contributed by atoms with E-state index in [0.29, 0.717) is 16.8 Å². The second-order valence-corrected chi connectivity index (χ2v) is 5.65. The molecule has 1 amide bonds. The van der Waals surface area contributed by atoms with Gasteiger partial charge < -0.3 is 14.5 Å². The van der Waals surface area contributed by atoms with Crippen LogP contribution in [0.5, 0.6) is 0 Å². The number of carbonyl (C=O) groups excluding carboxylic acids is 2. The first-order chi connectivity index (χ1) is 12.0. The normalized spacial score (nSPS) is 10.6. The van der Waals surface area contributed by atoms with Gasteiger partial charge in [0.15, 0.2) is 6.61 Å². The minimum absolute atomic E-state index is 0.0138. The number of halogens is 1. The van der Waals surface area contributed by atoms with Crippen LogP contribution in [0.25, 0.3) is 11.0 Å². The molecule has 0 saturated heterocycles. The second-order valence-electron chi connectivity index (χ2n) is 5.65. The fourth-order valence-corrected chi connectivity index (χ4v) is 2.41. The van der Waals surface area contributed by atoms with E-state index in [-0.39, 0.29) is 6.42 Å². The molecule has 0 fully saturated rings. The average molecular weight is 341 g/mol. The number of nitrogens with one attached hydrogen (secondary N) is 1. The molecule has 5 nitrogen and oxygen atoms in total. The Balaban J connectivity index is 1.53. The molecule has 3 rings (SSSR count). The van der Waals surface area contributed by atoms with E-state index in [2.05, 4.69) is 5.32 Å². The van der Waals surface area contributed by atoms with E-state index < -0.39 is 24.3 Å². The third-order valence-corrected chi connectivity index (χ3v) is 3.64. The van der Waals surface area contributed by atoms with E-state index in [1.807, 2.05) is 25.1 Å². The number of benzene rings is 2. The lowest BCUT2D eigenvalue weighted by molar-refractivity contribution is -0.146. The second kappa shape index (κ2) is 7.17. The Hall–Kier alpha value is -3.15. The summed E-state index contributed by atoms with van der Waals surface area (Å²) in [7, 11) is 0. The SMILES string of the molecule is Cc1ccc2c(CC(=O)OCC(=O)Nc3ccc(F)cc3)coc2c1. The van der Waals surface area contributed by atoms with Gasteiger partial charge in [-0.1, -0.05) is 12.1 Å². The molecule has 6 heteroatoms. The van der Waals surface area contributed by atoms with Crippen molar-refractivity contribution in [3.63, 3.8) is 0 Å². The van der Waals surface area contributed by atoms with Gasteiger partial charge in [0.2, 0.25) is 0 Å². The number of amides is 1. The first-order valence-corrected chi connectivity index (χ1v) is 7.69. The molecule has 0 atom stereocenters. The van der Waals surface area contributed by atoms with Crippen LogP contribution < -0.4 is 5.32 Å². The van der Waals surface area contributed by atoms with Gasteiger partial charge in [-0.15, -0.1) is 0 Å². The molecule has 0 aliphatic carbocycles. The van der Waals surface area contributed by atoms with Crippen molar-refractivity contribution in [1.82, 2.24) is 0 Å². The highest BCUT2D eigenvalue weighted by atomic mass is 19.1. The first kappa shape index (κ1) is 16.7. The van der Waals surface area contributed by atoms with Crippen LogP contribution in [0.1, 0.15) is 11.1 Å². The van der Waals surface area contributed by atoms with Crippen LogP contribution in [0.3, 0.4) is 0 Å². The molecule has 3 aromatic rings. The molecule has 128 valence electrons. The van der Waals surface area contributed by atoms with Gasteiger partial charge in [-0.2, -0.15) is 0 Å². The monoisotopic (exact) mass is 341 g/mol. The predicted octanol–water partition coefficient (Wildman–Crippen LogP) is 3.60. The van der Waals surface area contributed by atoms with Crippen molar-refractivity contribution < 1.29 is 23.1 Å². The summed E-state index contributed by atoms with van der Waals surface area (Å²) in [6, 6.07) is 11.0. The lowest BCUT2D eigenvalue weighted by Gasteiger charge is -2.06. The molecule has 0 radical (unpaired) electrons. The molecule has 1 N–H and O–H groups in total. The molecular weight excluding hydrogens is 325 g/mol. The number of furan rings is 1. The number of esters is 1. The van der Waals surface area contributed by atoms with Gasteiger partial charge in [-0.25, -0.2) is 4.39 Å².